The Balaban J connectivity index is 2.54. The van der Waals surface area contributed by atoms with E-state index in [1.807, 2.05) is 0 Å². The number of pyridine rings is 1. The second kappa shape index (κ2) is 6.83. The van der Waals surface area contributed by atoms with Crippen LogP contribution in [0, 0.1) is 5.82 Å². The third kappa shape index (κ3) is 4.01. The van der Waals surface area contributed by atoms with Gasteiger partial charge in [-0.15, -0.1) is 0 Å². The number of rotatable bonds is 7. The molecular weight excluding hydrogens is 225 g/mol. The van der Waals surface area contributed by atoms with E-state index in [2.05, 4.69) is 11.9 Å². The van der Waals surface area contributed by atoms with Gasteiger partial charge in [0.05, 0.1) is 6.61 Å². The van der Waals surface area contributed by atoms with Gasteiger partial charge >= 0.3 is 5.97 Å². The van der Waals surface area contributed by atoms with Crippen molar-refractivity contribution < 1.29 is 19.0 Å². The normalized spacial score (nSPS) is 10.2. The van der Waals surface area contributed by atoms with Crippen LogP contribution in [0.5, 0.6) is 5.88 Å². The Bertz CT molecular complexity index is 382. The Morgan fingerprint density at radius 1 is 1.47 bits per heavy atom. The largest absolute Gasteiger partial charge is 0.478 e. The highest BCUT2D eigenvalue weighted by atomic mass is 19.1. The number of nitrogens with zero attached hydrogens (tertiary/aromatic N) is 1. The molecular formula is C12H16FNO3. The summed E-state index contributed by atoms with van der Waals surface area (Å²) in [4.78, 5) is 14.3. The van der Waals surface area contributed by atoms with Gasteiger partial charge in [0, 0.05) is 6.20 Å². The van der Waals surface area contributed by atoms with Gasteiger partial charge in [0.25, 0.3) is 5.88 Å². The molecule has 0 saturated heterocycles. The van der Waals surface area contributed by atoms with Crippen LogP contribution >= 0.6 is 0 Å². The third-order valence-electron chi connectivity index (χ3n) is 2.32. The maximum atomic E-state index is 13.5. The number of unbranched alkanes of at least 4 members (excludes halogenated alkanes) is 3. The van der Waals surface area contributed by atoms with Crippen LogP contribution < -0.4 is 4.74 Å². The van der Waals surface area contributed by atoms with Crippen LogP contribution in [0.4, 0.5) is 4.39 Å². The van der Waals surface area contributed by atoms with Gasteiger partial charge < -0.3 is 9.84 Å². The van der Waals surface area contributed by atoms with Crippen molar-refractivity contribution in [1.82, 2.24) is 4.98 Å². The van der Waals surface area contributed by atoms with Crippen molar-refractivity contribution in [3.63, 3.8) is 0 Å². The molecule has 1 rings (SSSR count). The minimum atomic E-state index is -1.32. The summed E-state index contributed by atoms with van der Waals surface area (Å²) in [6.45, 7) is 2.45. The average Bonchev–Trinajstić information content (AvgIpc) is 2.30. The van der Waals surface area contributed by atoms with Crippen LogP contribution in [0.15, 0.2) is 12.3 Å². The maximum absolute atomic E-state index is 13.5. The molecule has 0 aromatic carbocycles. The number of carboxylic acid groups (broad SMARTS) is 1. The summed E-state index contributed by atoms with van der Waals surface area (Å²) in [5.74, 6) is -2.46. The predicted molar refractivity (Wildman–Crippen MR) is 60.8 cm³/mol. The van der Waals surface area contributed by atoms with Gasteiger partial charge in [-0.25, -0.2) is 14.2 Å². The second-order valence-corrected chi connectivity index (χ2v) is 3.69. The van der Waals surface area contributed by atoms with E-state index in [0.29, 0.717) is 6.61 Å². The molecule has 0 bridgehead atoms. The Morgan fingerprint density at radius 2 is 2.24 bits per heavy atom. The molecule has 5 heteroatoms. The number of halogens is 1. The van der Waals surface area contributed by atoms with E-state index in [1.54, 1.807) is 0 Å². The van der Waals surface area contributed by atoms with E-state index in [-0.39, 0.29) is 5.88 Å². The first kappa shape index (κ1) is 13.4. The van der Waals surface area contributed by atoms with Crippen LogP contribution in [0.25, 0.3) is 0 Å². The fourth-order valence-electron chi connectivity index (χ4n) is 1.39. The van der Waals surface area contributed by atoms with Crippen molar-refractivity contribution in [3.05, 3.63) is 23.6 Å². The third-order valence-corrected chi connectivity index (χ3v) is 2.32. The van der Waals surface area contributed by atoms with Crippen LogP contribution in [-0.2, 0) is 0 Å². The van der Waals surface area contributed by atoms with Gasteiger partial charge in [0.2, 0.25) is 0 Å². The van der Waals surface area contributed by atoms with Crippen molar-refractivity contribution in [1.29, 1.82) is 0 Å². The first-order valence-corrected chi connectivity index (χ1v) is 5.67. The molecule has 0 amide bonds. The summed E-state index contributed by atoms with van der Waals surface area (Å²) in [6, 6.07) is 1.11. The summed E-state index contributed by atoms with van der Waals surface area (Å²) in [5.41, 5.74) is -0.413. The van der Waals surface area contributed by atoms with Crippen molar-refractivity contribution in [2.45, 2.75) is 32.6 Å². The van der Waals surface area contributed by atoms with Gasteiger partial charge in [0.15, 0.2) is 5.82 Å². The Kier molecular flexibility index (Phi) is 5.39. The highest BCUT2D eigenvalue weighted by Crippen LogP contribution is 2.17. The molecule has 0 atom stereocenters. The molecule has 1 heterocycles. The van der Waals surface area contributed by atoms with E-state index in [0.717, 1.165) is 31.7 Å². The molecule has 0 aliphatic carbocycles. The zero-order chi connectivity index (χ0) is 12.7. The van der Waals surface area contributed by atoms with Crippen LogP contribution in [0.2, 0.25) is 0 Å². The Labute approximate surface area is 99.4 Å². The molecule has 0 saturated carbocycles. The first-order valence-electron chi connectivity index (χ1n) is 5.67. The van der Waals surface area contributed by atoms with Gasteiger partial charge in [-0.2, -0.15) is 0 Å². The topological polar surface area (TPSA) is 59.4 Å². The number of hydrogen-bond acceptors (Lipinski definition) is 3. The van der Waals surface area contributed by atoms with Crippen LogP contribution in [0.1, 0.15) is 43.0 Å². The van der Waals surface area contributed by atoms with Crippen LogP contribution in [0.3, 0.4) is 0 Å². The average molecular weight is 241 g/mol. The summed E-state index contributed by atoms with van der Waals surface area (Å²) >= 11 is 0. The molecule has 0 fully saturated rings. The molecule has 0 aliphatic rings. The zero-order valence-electron chi connectivity index (χ0n) is 9.78. The van der Waals surface area contributed by atoms with E-state index in [9.17, 15) is 9.18 Å². The summed E-state index contributed by atoms with van der Waals surface area (Å²) in [6.07, 6.45) is 5.27. The second-order valence-electron chi connectivity index (χ2n) is 3.69. The smallest absolute Gasteiger partial charge is 0.338 e. The fourth-order valence-corrected chi connectivity index (χ4v) is 1.39. The number of ether oxygens (including phenoxy) is 1. The van der Waals surface area contributed by atoms with Crippen molar-refractivity contribution in [2.24, 2.45) is 0 Å². The van der Waals surface area contributed by atoms with E-state index >= 15 is 0 Å². The Hall–Kier alpha value is -1.65. The maximum Gasteiger partial charge on any atom is 0.338 e. The standard InChI is InChI=1S/C12H16FNO3/c1-2-3-4-5-8-17-11-10(13)9(12(15)16)6-7-14-11/h6-7H,2-5,8H2,1H3,(H,15,16). The number of aromatic nitrogens is 1. The number of aromatic carboxylic acids is 1. The molecule has 0 aliphatic heterocycles. The van der Waals surface area contributed by atoms with Gasteiger partial charge in [0.1, 0.15) is 5.56 Å². The molecule has 1 aromatic rings. The number of hydrogen-bond donors (Lipinski definition) is 1. The summed E-state index contributed by atoms with van der Waals surface area (Å²) in [5, 5.41) is 8.71. The molecule has 94 valence electrons. The highest BCUT2D eigenvalue weighted by molar-refractivity contribution is 5.88. The Morgan fingerprint density at radius 3 is 2.88 bits per heavy atom. The molecule has 4 nitrogen and oxygen atoms in total. The quantitative estimate of drug-likeness (QED) is 0.746. The molecule has 1 N–H and O–H groups in total. The minimum absolute atomic E-state index is 0.235. The number of carbonyl (C=O) groups is 1. The van der Waals surface area contributed by atoms with Gasteiger partial charge in [-0.1, -0.05) is 26.2 Å². The molecule has 17 heavy (non-hydrogen) atoms. The molecule has 1 aromatic heterocycles. The lowest BCUT2D eigenvalue weighted by Gasteiger charge is -2.06. The van der Waals surface area contributed by atoms with E-state index in [1.165, 1.54) is 6.20 Å². The van der Waals surface area contributed by atoms with E-state index in [4.69, 9.17) is 9.84 Å². The minimum Gasteiger partial charge on any atom is -0.478 e. The lowest BCUT2D eigenvalue weighted by Crippen LogP contribution is -2.06. The van der Waals surface area contributed by atoms with Crippen molar-refractivity contribution >= 4 is 5.97 Å². The fraction of sp³-hybridized carbons (Fsp3) is 0.500. The predicted octanol–water partition coefficient (Wildman–Crippen LogP) is 2.88. The highest BCUT2D eigenvalue weighted by Gasteiger charge is 2.15. The van der Waals surface area contributed by atoms with Crippen molar-refractivity contribution in [2.75, 3.05) is 6.61 Å². The summed E-state index contributed by atoms with van der Waals surface area (Å²) in [7, 11) is 0. The SMILES string of the molecule is CCCCCCOc1nccc(C(=O)O)c1F. The van der Waals surface area contributed by atoms with Gasteiger partial charge in [-0.3, -0.25) is 0 Å². The van der Waals surface area contributed by atoms with Gasteiger partial charge in [-0.05, 0) is 12.5 Å². The summed E-state index contributed by atoms with van der Waals surface area (Å²) < 4.78 is 18.7. The lowest BCUT2D eigenvalue weighted by molar-refractivity contribution is 0.0690. The first-order chi connectivity index (χ1) is 8.16. The molecule has 0 radical (unpaired) electrons. The number of carboxylic acids is 1. The van der Waals surface area contributed by atoms with E-state index < -0.39 is 17.3 Å². The zero-order valence-corrected chi connectivity index (χ0v) is 9.78. The van der Waals surface area contributed by atoms with Crippen molar-refractivity contribution in [3.8, 4) is 5.88 Å². The lowest BCUT2D eigenvalue weighted by atomic mass is 10.2. The molecule has 0 spiro atoms. The monoisotopic (exact) mass is 241 g/mol. The molecule has 0 unspecified atom stereocenters. The van der Waals surface area contributed by atoms with Crippen LogP contribution in [-0.4, -0.2) is 22.7 Å².